The van der Waals surface area contributed by atoms with Crippen molar-refractivity contribution in [2.75, 3.05) is 18.4 Å². The molecule has 0 unspecified atom stereocenters. The summed E-state index contributed by atoms with van der Waals surface area (Å²) in [5.74, 6) is -0.186. The topological polar surface area (TPSA) is 15.3 Å². The third kappa shape index (κ3) is 4.08. The van der Waals surface area contributed by atoms with Gasteiger partial charge >= 0.3 is 0 Å². The van der Waals surface area contributed by atoms with Crippen LogP contribution in [0.25, 0.3) is 0 Å². The molecule has 2 aromatic rings. The number of piperidine rings is 1. The van der Waals surface area contributed by atoms with Crippen molar-refractivity contribution >= 4 is 21.6 Å². The molecule has 0 spiro atoms. The molecule has 0 amide bonds. The van der Waals surface area contributed by atoms with Gasteiger partial charge in [0.05, 0.1) is 0 Å². The van der Waals surface area contributed by atoms with E-state index in [0.717, 1.165) is 38.2 Å². The summed E-state index contributed by atoms with van der Waals surface area (Å²) in [7, 11) is 0. The van der Waals surface area contributed by atoms with Crippen molar-refractivity contribution in [2.24, 2.45) is 0 Å². The molecular weight excluding hydrogens is 343 g/mol. The fourth-order valence-electron chi connectivity index (χ4n) is 2.88. The second-order valence-electron chi connectivity index (χ2n) is 5.79. The highest BCUT2D eigenvalue weighted by Crippen LogP contribution is 2.21. The molecule has 2 nitrogen and oxygen atoms in total. The van der Waals surface area contributed by atoms with Crippen LogP contribution >= 0.6 is 15.9 Å². The van der Waals surface area contributed by atoms with Crippen LogP contribution in [0.15, 0.2) is 53.0 Å². The van der Waals surface area contributed by atoms with Gasteiger partial charge in [-0.05, 0) is 48.7 Å². The molecule has 4 heteroatoms. The van der Waals surface area contributed by atoms with Gasteiger partial charge < -0.3 is 5.32 Å². The Morgan fingerprint density at radius 2 is 1.73 bits per heavy atom. The summed E-state index contributed by atoms with van der Waals surface area (Å²) in [6, 6.07) is 15.5. The molecule has 1 N–H and O–H groups in total. The highest BCUT2D eigenvalue weighted by atomic mass is 79.9. The van der Waals surface area contributed by atoms with E-state index in [-0.39, 0.29) is 5.82 Å². The van der Waals surface area contributed by atoms with Gasteiger partial charge in [0.15, 0.2) is 0 Å². The molecule has 2 aromatic carbocycles. The maximum Gasteiger partial charge on any atom is 0.123 e. The third-order valence-corrected chi connectivity index (χ3v) is 4.93. The molecule has 0 saturated carbocycles. The van der Waals surface area contributed by atoms with Crippen molar-refractivity contribution in [3.63, 3.8) is 0 Å². The number of likely N-dealkylation sites (tertiary alicyclic amines) is 1. The lowest BCUT2D eigenvalue weighted by molar-refractivity contribution is 0.211. The van der Waals surface area contributed by atoms with Crippen molar-refractivity contribution in [3.8, 4) is 0 Å². The molecule has 0 aromatic heterocycles. The van der Waals surface area contributed by atoms with Gasteiger partial charge in [-0.1, -0.05) is 34.1 Å². The van der Waals surface area contributed by atoms with Crippen molar-refractivity contribution in [2.45, 2.75) is 25.4 Å². The Bertz CT molecular complexity index is 607. The molecule has 22 heavy (non-hydrogen) atoms. The van der Waals surface area contributed by atoms with E-state index in [1.807, 2.05) is 18.2 Å². The number of hydrogen-bond donors (Lipinski definition) is 1. The number of halogens is 2. The molecule has 0 radical (unpaired) electrons. The zero-order chi connectivity index (χ0) is 15.4. The monoisotopic (exact) mass is 362 g/mol. The maximum absolute atomic E-state index is 12.9. The van der Waals surface area contributed by atoms with E-state index in [1.54, 1.807) is 0 Å². The second-order valence-corrected chi connectivity index (χ2v) is 6.65. The van der Waals surface area contributed by atoms with Gasteiger partial charge in [0.25, 0.3) is 0 Å². The number of nitrogens with one attached hydrogen (secondary N) is 1. The standard InChI is InChI=1S/C18H20BrFN2/c19-18-4-2-1-3-14(18)13-22-11-9-17(10-12-22)21-16-7-5-15(20)6-8-16/h1-8,17,21H,9-13H2. The number of benzene rings is 2. The summed E-state index contributed by atoms with van der Waals surface area (Å²) < 4.78 is 14.1. The van der Waals surface area contributed by atoms with Crippen LogP contribution in [0.4, 0.5) is 10.1 Å². The third-order valence-electron chi connectivity index (χ3n) is 4.15. The van der Waals surface area contributed by atoms with Crippen LogP contribution < -0.4 is 5.32 Å². The average molecular weight is 363 g/mol. The molecule has 1 saturated heterocycles. The van der Waals surface area contributed by atoms with E-state index >= 15 is 0 Å². The number of hydrogen-bond acceptors (Lipinski definition) is 2. The molecule has 1 aliphatic rings. The number of anilines is 1. The Morgan fingerprint density at radius 3 is 2.41 bits per heavy atom. The normalized spacial score (nSPS) is 16.6. The highest BCUT2D eigenvalue weighted by molar-refractivity contribution is 9.10. The summed E-state index contributed by atoms with van der Waals surface area (Å²) in [4.78, 5) is 2.49. The Balaban J connectivity index is 1.50. The zero-order valence-corrected chi connectivity index (χ0v) is 14.0. The molecule has 3 rings (SSSR count). The van der Waals surface area contributed by atoms with Crippen molar-refractivity contribution in [1.29, 1.82) is 0 Å². The van der Waals surface area contributed by atoms with Crippen LogP contribution in [-0.2, 0) is 6.54 Å². The molecule has 0 bridgehead atoms. The fraction of sp³-hybridized carbons (Fsp3) is 0.333. The summed E-state index contributed by atoms with van der Waals surface area (Å²) in [6.45, 7) is 3.16. The van der Waals surface area contributed by atoms with E-state index in [0.29, 0.717) is 6.04 Å². The van der Waals surface area contributed by atoms with Crippen LogP contribution in [0.1, 0.15) is 18.4 Å². The van der Waals surface area contributed by atoms with Crippen LogP contribution in [0.2, 0.25) is 0 Å². The van der Waals surface area contributed by atoms with Gasteiger partial charge in [0, 0.05) is 35.8 Å². The fourth-order valence-corrected chi connectivity index (χ4v) is 3.29. The summed E-state index contributed by atoms with van der Waals surface area (Å²) >= 11 is 3.62. The van der Waals surface area contributed by atoms with Crippen LogP contribution in [0.5, 0.6) is 0 Å². The molecule has 1 fully saturated rings. The number of rotatable bonds is 4. The summed E-state index contributed by atoms with van der Waals surface area (Å²) in [5.41, 5.74) is 2.35. The predicted molar refractivity (Wildman–Crippen MR) is 92.5 cm³/mol. The Kier molecular flexibility index (Phi) is 5.11. The first-order valence-electron chi connectivity index (χ1n) is 7.68. The molecule has 0 atom stereocenters. The minimum absolute atomic E-state index is 0.186. The Morgan fingerprint density at radius 1 is 1.05 bits per heavy atom. The van der Waals surface area contributed by atoms with E-state index in [2.05, 4.69) is 44.3 Å². The quantitative estimate of drug-likeness (QED) is 0.850. The predicted octanol–water partition coefficient (Wildman–Crippen LogP) is 4.66. The largest absolute Gasteiger partial charge is 0.382 e. The van der Waals surface area contributed by atoms with E-state index in [9.17, 15) is 4.39 Å². The second kappa shape index (κ2) is 7.25. The van der Waals surface area contributed by atoms with Gasteiger partial charge in [0.1, 0.15) is 5.82 Å². The average Bonchev–Trinajstić information content (AvgIpc) is 2.54. The van der Waals surface area contributed by atoms with Crippen LogP contribution in [-0.4, -0.2) is 24.0 Å². The smallest absolute Gasteiger partial charge is 0.123 e. The van der Waals surface area contributed by atoms with Gasteiger partial charge in [-0.15, -0.1) is 0 Å². The molecule has 116 valence electrons. The Labute approximate surface area is 139 Å². The highest BCUT2D eigenvalue weighted by Gasteiger charge is 2.19. The zero-order valence-electron chi connectivity index (χ0n) is 12.4. The first-order valence-corrected chi connectivity index (χ1v) is 8.48. The lowest BCUT2D eigenvalue weighted by atomic mass is 10.0. The van der Waals surface area contributed by atoms with E-state index < -0.39 is 0 Å². The van der Waals surface area contributed by atoms with Gasteiger partial charge in [-0.2, -0.15) is 0 Å². The van der Waals surface area contributed by atoms with E-state index in [1.165, 1.54) is 22.2 Å². The first kappa shape index (κ1) is 15.5. The van der Waals surface area contributed by atoms with Crippen molar-refractivity contribution in [3.05, 3.63) is 64.4 Å². The van der Waals surface area contributed by atoms with Crippen LogP contribution in [0.3, 0.4) is 0 Å². The minimum atomic E-state index is -0.186. The summed E-state index contributed by atoms with van der Waals surface area (Å²) in [5, 5.41) is 3.50. The lowest BCUT2D eigenvalue weighted by Gasteiger charge is -2.33. The molecular formula is C18H20BrFN2. The molecule has 1 aliphatic heterocycles. The minimum Gasteiger partial charge on any atom is -0.382 e. The summed E-state index contributed by atoms with van der Waals surface area (Å²) in [6.07, 6.45) is 2.23. The maximum atomic E-state index is 12.9. The van der Waals surface area contributed by atoms with Gasteiger partial charge in [-0.25, -0.2) is 4.39 Å². The number of nitrogens with zero attached hydrogens (tertiary/aromatic N) is 1. The van der Waals surface area contributed by atoms with Crippen LogP contribution in [0, 0.1) is 5.82 Å². The molecule has 1 heterocycles. The SMILES string of the molecule is Fc1ccc(NC2CCN(Cc3ccccc3Br)CC2)cc1. The first-order chi connectivity index (χ1) is 10.7. The van der Waals surface area contributed by atoms with Crippen molar-refractivity contribution < 1.29 is 4.39 Å². The lowest BCUT2D eigenvalue weighted by Crippen LogP contribution is -2.38. The molecule has 0 aliphatic carbocycles. The van der Waals surface area contributed by atoms with Crippen molar-refractivity contribution in [1.82, 2.24) is 4.90 Å². The Hall–Kier alpha value is -1.39. The van der Waals surface area contributed by atoms with E-state index in [4.69, 9.17) is 0 Å². The van der Waals surface area contributed by atoms with Gasteiger partial charge in [0.2, 0.25) is 0 Å². The van der Waals surface area contributed by atoms with Gasteiger partial charge in [-0.3, -0.25) is 4.90 Å².